The first-order valence-electron chi connectivity index (χ1n) is 8.98. The van der Waals surface area contributed by atoms with Crippen LogP contribution in [0.3, 0.4) is 0 Å². The summed E-state index contributed by atoms with van der Waals surface area (Å²) in [7, 11) is -3.97. The molecule has 0 aliphatic carbocycles. The van der Waals surface area contributed by atoms with Crippen molar-refractivity contribution in [2.24, 2.45) is 5.10 Å². The second kappa shape index (κ2) is 9.42. The third-order valence-electron chi connectivity index (χ3n) is 4.28. The topological polar surface area (TPSA) is 78.8 Å². The first kappa shape index (κ1) is 22.0. The van der Waals surface area contributed by atoms with Crippen LogP contribution in [0.1, 0.15) is 16.0 Å². The first-order valence-corrected chi connectivity index (χ1v) is 11.7. The highest BCUT2D eigenvalue weighted by Crippen LogP contribution is 2.25. The SMILES string of the molecule is Cc1ccc(S(=O)(=O)N(CC(=O)N/N=C\c2sccc2C)c2ccc(Cl)cc2)cc1. The predicted molar refractivity (Wildman–Crippen MR) is 122 cm³/mol. The van der Waals surface area contributed by atoms with Gasteiger partial charge in [-0.05, 0) is 67.3 Å². The number of aryl methyl sites for hydroxylation is 2. The van der Waals surface area contributed by atoms with Gasteiger partial charge in [0.05, 0.1) is 16.8 Å². The molecule has 3 rings (SSSR count). The van der Waals surface area contributed by atoms with Gasteiger partial charge < -0.3 is 0 Å². The number of halogens is 1. The van der Waals surface area contributed by atoms with Gasteiger partial charge in [-0.15, -0.1) is 11.3 Å². The van der Waals surface area contributed by atoms with E-state index in [4.69, 9.17) is 11.6 Å². The Hall–Kier alpha value is -2.68. The Morgan fingerprint density at radius 1 is 1.10 bits per heavy atom. The Balaban J connectivity index is 1.85. The summed E-state index contributed by atoms with van der Waals surface area (Å²) < 4.78 is 27.5. The summed E-state index contributed by atoms with van der Waals surface area (Å²) in [6.45, 7) is 3.38. The van der Waals surface area contributed by atoms with E-state index >= 15 is 0 Å². The van der Waals surface area contributed by atoms with Gasteiger partial charge in [0.2, 0.25) is 0 Å². The molecule has 0 bridgehead atoms. The average Bonchev–Trinajstić information content (AvgIpc) is 3.12. The van der Waals surface area contributed by atoms with Crippen molar-refractivity contribution < 1.29 is 13.2 Å². The number of hydrogen-bond donors (Lipinski definition) is 1. The van der Waals surface area contributed by atoms with Gasteiger partial charge in [0.15, 0.2) is 0 Å². The highest BCUT2D eigenvalue weighted by molar-refractivity contribution is 7.92. The van der Waals surface area contributed by atoms with Crippen molar-refractivity contribution in [3.05, 3.63) is 81.0 Å². The minimum atomic E-state index is -3.97. The molecule has 0 unspecified atom stereocenters. The molecule has 9 heteroatoms. The molecular formula is C21H20ClN3O3S2. The summed E-state index contributed by atoms with van der Waals surface area (Å²) in [6.07, 6.45) is 1.54. The van der Waals surface area contributed by atoms with Crippen LogP contribution in [0.2, 0.25) is 5.02 Å². The van der Waals surface area contributed by atoms with E-state index in [-0.39, 0.29) is 4.90 Å². The Morgan fingerprint density at radius 2 is 1.77 bits per heavy atom. The van der Waals surface area contributed by atoms with Crippen LogP contribution >= 0.6 is 22.9 Å². The first-order chi connectivity index (χ1) is 14.3. The molecule has 1 aromatic heterocycles. The van der Waals surface area contributed by atoms with E-state index in [2.05, 4.69) is 10.5 Å². The molecule has 30 heavy (non-hydrogen) atoms. The summed E-state index contributed by atoms with van der Waals surface area (Å²) in [6, 6.07) is 14.7. The lowest BCUT2D eigenvalue weighted by Crippen LogP contribution is -2.39. The summed E-state index contributed by atoms with van der Waals surface area (Å²) >= 11 is 7.43. The zero-order valence-electron chi connectivity index (χ0n) is 16.4. The Kier molecular flexibility index (Phi) is 6.91. The van der Waals surface area contributed by atoms with E-state index in [0.29, 0.717) is 10.7 Å². The van der Waals surface area contributed by atoms with Crippen LogP contribution in [-0.4, -0.2) is 27.1 Å². The van der Waals surface area contributed by atoms with E-state index in [9.17, 15) is 13.2 Å². The number of hydrazone groups is 1. The van der Waals surface area contributed by atoms with Crippen molar-refractivity contribution in [3.63, 3.8) is 0 Å². The summed E-state index contributed by atoms with van der Waals surface area (Å²) in [4.78, 5) is 13.5. The van der Waals surface area contributed by atoms with Gasteiger partial charge in [-0.1, -0.05) is 29.3 Å². The van der Waals surface area contributed by atoms with Crippen LogP contribution in [-0.2, 0) is 14.8 Å². The fourth-order valence-electron chi connectivity index (χ4n) is 2.61. The molecular weight excluding hydrogens is 442 g/mol. The Labute approximate surface area is 184 Å². The standard InChI is InChI=1S/C21H20ClN3O3S2/c1-15-3-9-19(10-4-15)30(27,28)25(18-7-5-17(22)6-8-18)14-21(26)24-23-13-20-16(2)11-12-29-20/h3-13H,14H2,1-2H3,(H,24,26)/b23-13-. The Bertz CT molecular complexity index is 1150. The number of nitrogens with one attached hydrogen (secondary N) is 1. The molecule has 0 aliphatic rings. The smallest absolute Gasteiger partial charge is 0.264 e. The number of carbonyl (C=O) groups is 1. The number of nitrogens with zero attached hydrogens (tertiary/aromatic N) is 2. The van der Waals surface area contributed by atoms with Crippen LogP contribution in [0.4, 0.5) is 5.69 Å². The van der Waals surface area contributed by atoms with Crippen LogP contribution in [0.25, 0.3) is 0 Å². The Morgan fingerprint density at radius 3 is 2.37 bits per heavy atom. The van der Waals surface area contributed by atoms with E-state index in [1.54, 1.807) is 42.6 Å². The average molecular weight is 462 g/mol. The number of rotatable bonds is 7. The minimum Gasteiger partial charge on any atom is -0.271 e. The van der Waals surface area contributed by atoms with Gasteiger partial charge in [0, 0.05) is 9.90 Å². The number of amides is 1. The number of thiophene rings is 1. The fraction of sp³-hybridized carbons (Fsp3) is 0.143. The molecule has 0 spiro atoms. The van der Waals surface area contributed by atoms with Crippen molar-refractivity contribution in [1.82, 2.24) is 5.43 Å². The zero-order chi connectivity index (χ0) is 21.7. The van der Waals surface area contributed by atoms with Crippen LogP contribution in [0.15, 0.2) is 70.0 Å². The molecule has 3 aromatic rings. The highest BCUT2D eigenvalue weighted by atomic mass is 35.5. The number of benzene rings is 2. The van der Waals surface area contributed by atoms with Gasteiger partial charge in [0.25, 0.3) is 15.9 Å². The van der Waals surface area contributed by atoms with Gasteiger partial charge in [0.1, 0.15) is 6.54 Å². The van der Waals surface area contributed by atoms with Crippen molar-refractivity contribution >= 4 is 50.8 Å². The maximum absolute atomic E-state index is 13.2. The molecule has 1 heterocycles. The van der Waals surface area contributed by atoms with Gasteiger partial charge in [-0.2, -0.15) is 5.10 Å². The van der Waals surface area contributed by atoms with Crippen molar-refractivity contribution in [3.8, 4) is 0 Å². The fourth-order valence-corrected chi connectivity index (χ4v) is 4.94. The third kappa shape index (κ3) is 5.27. The molecule has 1 N–H and O–H groups in total. The van der Waals surface area contributed by atoms with Crippen LogP contribution < -0.4 is 9.73 Å². The number of hydrogen-bond acceptors (Lipinski definition) is 5. The molecule has 0 radical (unpaired) electrons. The van der Waals surface area contributed by atoms with E-state index in [0.717, 1.165) is 20.3 Å². The van der Waals surface area contributed by atoms with Crippen LogP contribution in [0.5, 0.6) is 0 Å². The van der Waals surface area contributed by atoms with Gasteiger partial charge in [-0.25, -0.2) is 13.8 Å². The molecule has 156 valence electrons. The highest BCUT2D eigenvalue weighted by Gasteiger charge is 2.27. The largest absolute Gasteiger partial charge is 0.271 e. The minimum absolute atomic E-state index is 0.0913. The predicted octanol–water partition coefficient (Wildman–Crippen LogP) is 4.36. The van der Waals surface area contributed by atoms with E-state index in [1.165, 1.54) is 23.5 Å². The number of sulfonamides is 1. The lowest BCUT2D eigenvalue weighted by molar-refractivity contribution is -0.119. The molecule has 0 atom stereocenters. The quantitative estimate of drug-likeness (QED) is 0.419. The monoisotopic (exact) mass is 461 g/mol. The van der Waals surface area contributed by atoms with Crippen molar-refractivity contribution in [1.29, 1.82) is 0 Å². The lowest BCUT2D eigenvalue weighted by atomic mass is 10.2. The summed E-state index contributed by atoms with van der Waals surface area (Å²) in [5, 5.41) is 6.34. The summed E-state index contributed by atoms with van der Waals surface area (Å²) in [5.41, 5.74) is 4.70. The van der Waals surface area contributed by atoms with Crippen molar-refractivity contribution in [2.45, 2.75) is 18.7 Å². The molecule has 0 fully saturated rings. The normalized spacial score (nSPS) is 11.6. The molecule has 2 aromatic carbocycles. The second-order valence-electron chi connectivity index (χ2n) is 6.56. The lowest BCUT2D eigenvalue weighted by Gasteiger charge is -2.23. The molecule has 1 amide bonds. The maximum atomic E-state index is 13.2. The van der Waals surface area contributed by atoms with Crippen LogP contribution in [0, 0.1) is 13.8 Å². The summed E-state index contributed by atoms with van der Waals surface area (Å²) in [5.74, 6) is -0.564. The van der Waals surface area contributed by atoms with E-state index < -0.39 is 22.5 Å². The molecule has 0 saturated heterocycles. The number of anilines is 1. The third-order valence-corrected chi connectivity index (χ3v) is 7.28. The molecule has 0 aliphatic heterocycles. The van der Waals surface area contributed by atoms with Gasteiger partial charge >= 0.3 is 0 Å². The number of carbonyl (C=O) groups excluding carboxylic acids is 1. The zero-order valence-corrected chi connectivity index (χ0v) is 18.8. The maximum Gasteiger partial charge on any atom is 0.264 e. The second-order valence-corrected chi connectivity index (χ2v) is 9.81. The van der Waals surface area contributed by atoms with E-state index in [1.807, 2.05) is 25.3 Å². The molecule has 6 nitrogen and oxygen atoms in total. The van der Waals surface area contributed by atoms with Gasteiger partial charge in [-0.3, -0.25) is 9.10 Å². The molecule has 0 saturated carbocycles. The van der Waals surface area contributed by atoms with Crippen molar-refractivity contribution in [2.75, 3.05) is 10.8 Å².